The second-order valence-corrected chi connectivity index (χ2v) is 8.21. The molecule has 1 atom stereocenters. The Hall–Kier alpha value is -3.47. The molecule has 0 spiro atoms. The minimum Gasteiger partial charge on any atom is -0.325 e. The van der Waals surface area contributed by atoms with Gasteiger partial charge < -0.3 is 5.32 Å². The maximum absolute atomic E-state index is 13.2. The molecule has 1 unspecified atom stereocenters. The quantitative estimate of drug-likeness (QED) is 0.456. The lowest BCUT2D eigenvalue weighted by molar-refractivity contribution is -0.384. The van der Waals surface area contributed by atoms with Crippen LogP contribution in [0.2, 0.25) is 0 Å². The van der Waals surface area contributed by atoms with Gasteiger partial charge >= 0.3 is 0 Å². The molecule has 5 nitrogen and oxygen atoms in total. The van der Waals surface area contributed by atoms with Gasteiger partial charge in [0, 0.05) is 17.5 Å². The first kappa shape index (κ1) is 19.8. The van der Waals surface area contributed by atoms with Gasteiger partial charge in [-0.05, 0) is 43.9 Å². The molecule has 0 bridgehead atoms. The summed E-state index contributed by atoms with van der Waals surface area (Å²) in [5, 5.41) is 14.1. The number of hydrogen-bond acceptors (Lipinski definition) is 3. The Morgan fingerprint density at radius 2 is 1.47 bits per heavy atom. The van der Waals surface area contributed by atoms with Gasteiger partial charge in [0.15, 0.2) is 0 Å². The van der Waals surface area contributed by atoms with Crippen molar-refractivity contribution in [2.24, 2.45) is 5.92 Å². The minimum atomic E-state index is -0.449. The molecule has 5 heteroatoms. The number of nitro groups is 1. The number of carbonyl (C=O) groups excluding carboxylic acids is 1. The van der Waals surface area contributed by atoms with Crippen LogP contribution in [0.1, 0.15) is 34.2 Å². The first-order chi connectivity index (χ1) is 14.3. The summed E-state index contributed by atoms with van der Waals surface area (Å²) in [5.41, 5.74) is 5.46. The molecular weight excluding hydrogens is 376 g/mol. The standard InChI is InChI=1S/C25H24N2O3/c1-16-4-9-19(10-5-16)25(20-11-6-17(2)7-12-20)15-22(25)24(28)26-23-14-21(27(29)30)13-8-18(23)3/h4-14,22H,15H2,1-3H3,(H,26,28). The summed E-state index contributed by atoms with van der Waals surface area (Å²) in [6.07, 6.45) is 0.707. The molecule has 1 aliphatic carbocycles. The summed E-state index contributed by atoms with van der Waals surface area (Å²) < 4.78 is 0. The third kappa shape index (κ3) is 3.47. The van der Waals surface area contributed by atoms with Crippen LogP contribution in [0.3, 0.4) is 0 Å². The van der Waals surface area contributed by atoms with E-state index in [0.717, 1.165) is 16.7 Å². The van der Waals surface area contributed by atoms with E-state index in [2.05, 4.69) is 53.8 Å². The number of nitrogens with one attached hydrogen (secondary N) is 1. The van der Waals surface area contributed by atoms with Crippen LogP contribution in [0.5, 0.6) is 0 Å². The summed E-state index contributed by atoms with van der Waals surface area (Å²) in [6.45, 7) is 5.93. The second kappa shape index (κ2) is 7.41. The van der Waals surface area contributed by atoms with Gasteiger partial charge in [0.25, 0.3) is 5.69 Å². The van der Waals surface area contributed by atoms with Crippen molar-refractivity contribution in [3.05, 3.63) is 105 Å². The van der Waals surface area contributed by atoms with Crippen LogP contribution in [0.15, 0.2) is 66.7 Å². The molecule has 0 aromatic heterocycles. The summed E-state index contributed by atoms with van der Waals surface area (Å²) in [6, 6.07) is 21.2. The number of carbonyl (C=O) groups is 1. The number of non-ortho nitro benzene ring substituents is 1. The normalized spacial score (nSPS) is 16.7. The summed E-state index contributed by atoms with van der Waals surface area (Å²) in [4.78, 5) is 23.9. The SMILES string of the molecule is Cc1ccc(C2(c3ccc(C)cc3)CC2C(=O)Nc2cc([N+](=O)[O-])ccc2C)cc1. The van der Waals surface area contributed by atoms with Crippen molar-refractivity contribution < 1.29 is 9.72 Å². The van der Waals surface area contributed by atoms with Gasteiger partial charge in [-0.1, -0.05) is 65.7 Å². The van der Waals surface area contributed by atoms with E-state index in [1.807, 2.05) is 20.8 Å². The smallest absolute Gasteiger partial charge is 0.271 e. The van der Waals surface area contributed by atoms with Gasteiger partial charge in [-0.15, -0.1) is 0 Å². The van der Waals surface area contributed by atoms with Gasteiger partial charge in [0.1, 0.15) is 0 Å². The highest BCUT2D eigenvalue weighted by Crippen LogP contribution is 2.59. The average molecular weight is 400 g/mol. The average Bonchev–Trinajstić information content (AvgIpc) is 3.47. The molecule has 1 fully saturated rings. The highest BCUT2D eigenvalue weighted by molar-refractivity contribution is 5.97. The molecule has 3 aromatic carbocycles. The zero-order valence-electron chi connectivity index (χ0n) is 17.3. The van der Waals surface area contributed by atoms with Gasteiger partial charge in [0.2, 0.25) is 5.91 Å². The number of anilines is 1. The summed E-state index contributed by atoms with van der Waals surface area (Å²) in [5.74, 6) is -0.346. The van der Waals surface area contributed by atoms with Crippen LogP contribution in [-0.2, 0) is 10.2 Å². The molecule has 0 aliphatic heterocycles. The van der Waals surface area contributed by atoms with Crippen molar-refractivity contribution in [1.82, 2.24) is 0 Å². The number of hydrogen-bond donors (Lipinski definition) is 1. The largest absolute Gasteiger partial charge is 0.325 e. The van der Waals surface area contributed by atoms with Crippen molar-refractivity contribution in [2.75, 3.05) is 5.32 Å². The van der Waals surface area contributed by atoms with E-state index in [0.29, 0.717) is 12.1 Å². The lowest BCUT2D eigenvalue weighted by Gasteiger charge is -2.20. The van der Waals surface area contributed by atoms with Crippen LogP contribution in [0, 0.1) is 36.8 Å². The highest BCUT2D eigenvalue weighted by Gasteiger charge is 2.60. The molecule has 0 heterocycles. The third-order valence-corrected chi connectivity index (χ3v) is 6.10. The lowest BCUT2D eigenvalue weighted by Crippen LogP contribution is -2.22. The third-order valence-electron chi connectivity index (χ3n) is 6.10. The van der Waals surface area contributed by atoms with Crippen LogP contribution in [0.4, 0.5) is 11.4 Å². The predicted molar refractivity (Wildman–Crippen MR) is 118 cm³/mol. The number of benzene rings is 3. The van der Waals surface area contributed by atoms with E-state index in [9.17, 15) is 14.9 Å². The van der Waals surface area contributed by atoms with E-state index in [1.165, 1.54) is 23.3 Å². The van der Waals surface area contributed by atoms with Crippen LogP contribution in [0.25, 0.3) is 0 Å². The van der Waals surface area contributed by atoms with Crippen molar-refractivity contribution in [2.45, 2.75) is 32.6 Å². The number of nitro benzene ring substituents is 1. The molecule has 152 valence electrons. The van der Waals surface area contributed by atoms with E-state index < -0.39 is 4.92 Å². The fraction of sp³-hybridized carbons (Fsp3) is 0.240. The summed E-state index contributed by atoms with van der Waals surface area (Å²) >= 11 is 0. The highest BCUT2D eigenvalue weighted by atomic mass is 16.6. The van der Waals surface area contributed by atoms with E-state index in [-0.39, 0.29) is 22.9 Å². The Kier molecular flexibility index (Phi) is 4.90. The van der Waals surface area contributed by atoms with Gasteiger partial charge in [-0.3, -0.25) is 14.9 Å². The Morgan fingerprint density at radius 1 is 0.933 bits per heavy atom. The number of nitrogens with zero attached hydrogens (tertiary/aromatic N) is 1. The topological polar surface area (TPSA) is 72.2 Å². The minimum absolute atomic E-state index is 0.0324. The Balaban J connectivity index is 1.68. The number of rotatable bonds is 5. The molecule has 0 saturated heterocycles. The van der Waals surface area contributed by atoms with Crippen molar-refractivity contribution >= 4 is 17.3 Å². The first-order valence-electron chi connectivity index (χ1n) is 10.0. The molecule has 30 heavy (non-hydrogen) atoms. The molecule has 3 aromatic rings. The maximum atomic E-state index is 13.2. The molecule has 0 radical (unpaired) electrons. The maximum Gasteiger partial charge on any atom is 0.271 e. The molecule has 1 aliphatic rings. The zero-order chi connectivity index (χ0) is 21.5. The van der Waals surface area contributed by atoms with E-state index >= 15 is 0 Å². The first-order valence-corrected chi connectivity index (χ1v) is 10.0. The van der Waals surface area contributed by atoms with E-state index in [1.54, 1.807) is 6.07 Å². The molecule has 1 N–H and O–H groups in total. The second-order valence-electron chi connectivity index (χ2n) is 8.21. The van der Waals surface area contributed by atoms with Gasteiger partial charge in [-0.25, -0.2) is 0 Å². The molecular formula is C25H24N2O3. The van der Waals surface area contributed by atoms with Gasteiger partial charge in [-0.2, -0.15) is 0 Å². The predicted octanol–water partition coefficient (Wildman–Crippen LogP) is 5.46. The van der Waals surface area contributed by atoms with Crippen LogP contribution < -0.4 is 5.32 Å². The zero-order valence-corrected chi connectivity index (χ0v) is 17.3. The fourth-order valence-electron chi connectivity index (χ4n) is 4.16. The Morgan fingerprint density at radius 3 is 1.97 bits per heavy atom. The van der Waals surface area contributed by atoms with Crippen LogP contribution in [-0.4, -0.2) is 10.8 Å². The molecule has 1 saturated carbocycles. The van der Waals surface area contributed by atoms with Crippen molar-refractivity contribution in [1.29, 1.82) is 0 Å². The molecule has 1 amide bonds. The van der Waals surface area contributed by atoms with Crippen molar-refractivity contribution in [3.8, 4) is 0 Å². The van der Waals surface area contributed by atoms with Gasteiger partial charge in [0.05, 0.1) is 16.5 Å². The van der Waals surface area contributed by atoms with Crippen molar-refractivity contribution in [3.63, 3.8) is 0 Å². The van der Waals surface area contributed by atoms with E-state index in [4.69, 9.17) is 0 Å². The molecule has 4 rings (SSSR count). The van der Waals surface area contributed by atoms with Crippen LogP contribution >= 0.6 is 0 Å². The Bertz CT molecular complexity index is 1070. The number of amides is 1. The Labute approximate surface area is 175 Å². The fourth-order valence-corrected chi connectivity index (χ4v) is 4.16. The number of aryl methyl sites for hydroxylation is 3. The monoisotopic (exact) mass is 400 g/mol. The lowest BCUT2D eigenvalue weighted by atomic mass is 9.85. The summed E-state index contributed by atoms with van der Waals surface area (Å²) in [7, 11) is 0.